The Labute approximate surface area is 220 Å². The number of aromatic nitrogens is 1. The maximum Gasteiger partial charge on any atom is 0.387 e. The lowest BCUT2D eigenvalue weighted by molar-refractivity contribution is -0.139. The van der Waals surface area contributed by atoms with Crippen LogP contribution in [-0.4, -0.2) is 30.5 Å². The van der Waals surface area contributed by atoms with Gasteiger partial charge < -0.3 is 18.9 Å². The Bertz CT molecular complexity index is 1590. The van der Waals surface area contributed by atoms with E-state index < -0.39 is 24.2 Å². The van der Waals surface area contributed by atoms with Gasteiger partial charge in [-0.1, -0.05) is 48.9 Å². The fourth-order valence-electron chi connectivity index (χ4n) is 4.46. The van der Waals surface area contributed by atoms with Crippen LogP contribution >= 0.6 is 11.3 Å². The van der Waals surface area contributed by atoms with Gasteiger partial charge in [-0.2, -0.15) is 8.78 Å². The summed E-state index contributed by atoms with van der Waals surface area (Å²) in [4.78, 5) is 32.2. The van der Waals surface area contributed by atoms with E-state index in [0.717, 1.165) is 11.3 Å². The summed E-state index contributed by atoms with van der Waals surface area (Å²) < 4.78 is 48.6. The van der Waals surface area contributed by atoms with Crippen LogP contribution in [0.5, 0.6) is 17.2 Å². The molecule has 5 rings (SSSR count). The second-order valence-corrected chi connectivity index (χ2v) is 9.45. The first kappa shape index (κ1) is 25.7. The highest BCUT2D eigenvalue weighted by Crippen LogP contribution is 2.38. The molecule has 0 radical (unpaired) electrons. The lowest BCUT2D eigenvalue weighted by atomic mass is 9.94. The summed E-state index contributed by atoms with van der Waals surface area (Å²) in [5, 5.41) is 0. The van der Waals surface area contributed by atoms with E-state index in [9.17, 15) is 18.4 Å². The lowest BCUT2D eigenvalue weighted by Gasteiger charge is -2.25. The molecule has 0 fully saturated rings. The number of allylic oxidation sites excluding steroid dienone is 1. The quantitative estimate of drug-likeness (QED) is 0.401. The Morgan fingerprint density at radius 2 is 2.00 bits per heavy atom. The molecule has 0 N–H and O–H groups in total. The number of benzene rings is 2. The number of rotatable bonds is 8. The van der Waals surface area contributed by atoms with E-state index in [0.29, 0.717) is 46.0 Å². The summed E-state index contributed by atoms with van der Waals surface area (Å²) in [7, 11) is 0. The molecule has 0 spiro atoms. The largest absolute Gasteiger partial charge is 0.463 e. The lowest BCUT2D eigenvalue weighted by Crippen LogP contribution is -2.40. The average molecular weight is 543 g/mol. The number of hydrogen-bond donors (Lipinski definition) is 0. The highest BCUT2D eigenvalue weighted by molar-refractivity contribution is 7.07. The molecular weight excluding hydrogens is 518 g/mol. The van der Waals surface area contributed by atoms with Gasteiger partial charge in [0.25, 0.3) is 5.56 Å². The summed E-state index contributed by atoms with van der Waals surface area (Å²) in [5.74, 6) is 0.444. The number of fused-ring (bicyclic) bond motifs is 2. The molecule has 2 aliphatic rings. The third kappa shape index (κ3) is 4.81. The predicted octanol–water partition coefficient (Wildman–Crippen LogP) is 3.91. The minimum atomic E-state index is -3.01. The van der Waals surface area contributed by atoms with Crippen molar-refractivity contribution in [3.8, 4) is 17.2 Å². The molecule has 11 heteroatoms. The number of esters is 1. The number of ether oxygens (including phenoxy) is 4. The second kappa shape index (κ2) is 10.8. The SMILES string of the molecule is CCCC1=C(C(=O)OCC)[C@@H](c2ccc3c(c2)OCO3)n2c(s/c(=C/c3ccccc3OC(F)F)c2=O)=N1. The average Bonchev–Trinajstić information content (AvgIpc) is 3.48. The number of alkyl halides is 2. The summed E-state index contributed by atoms with van der Waals surface area (Å²) in [5.41, 5.74) is 1.31. The maximum absolute atomic E-state index is 13.8. The zero-order chi connectivity index (χ0) is 26.8. The van der Waals surface area contributed by atoms with Crippen molar-refractivity contribution in [1.29, 1.82) is 0 Å². The van der Waals surface area contributed by atoms with Crippen molar-refractivity contribution in [1.82, 2.24) is 4.57 Å². The van der Waals surface area contributed by atoms with Crippen LogP contribution in [0, 0.1) is 0 Å². The first-order valence-corrected chi connectivity index (χ1v) is 12.9. The Balaban J connectivity index is 1.74. The third-order valence-electron chi connectivity index (χ3n) is 6.03. The van der Waals surface area contributed by atoms with Gasteiger partial charge in [0.05, 0.1) is 28.5 Å². The smallest absolute Gasteiger partial charge is 0.387 e. The minimum Gasteiger partial charge on any atom is -0.463 e. The van der Waals surface area contributed by atoms with Gasteiger partial charge in [-0.3, -0.25) is 9.36 Å². The molecule has 2 aromatic carbocycles. The highest BCUT2D eigenvalue weighted by atomic mass is 32.1. The van der Waals surface area contributed by atoms with Gasteiger partial charge in [0.15, 0.2) is 16.3 Å². The molecule has 0 unspecified atom stereocenters. The van der Waals surface area contributed by atoms with Crippen LogP contribution in [0.25, 0.3) is 6.08 Å². The summed E-state index contributed by atoms with van der Waals surface area (Å²) >= 11 is 1.11. The van der Waals surface area contributed by atoms with Gasteiger partial charge in [-0.15, -0.1) is 0 Å². The van der Waals surface area contributed by atoms with Crippen molar-refractivity contribution >= 4 is 23.4 Å². The summed E-state index contributed by atoms with van der Waals surface area (Å²) in [6.45, 7) is 0.891. The zero-order valence-corrected chi connectivity index (χ0v) is 21.4. The topological polar surface area (TPSA) is 88.4 Å². The normalized spacial score (nSPS) is 16.4. The second-order valence-electron chi connectivity index (χ2n) is 8.44. The van der Waals surface area contributed by atoms with E-state index >= 15 is 0 Å². The fourth-order valence-corrected chi connectivity index (χ4v) is 5.47. The van der Waals surface area contributed by atoms with Crippen molar-refractivity contribution in [2.75, 3.05) is 13.4 Å². The molecule has 0 saturated carbocycles. The van der Waals surface area contributed by atoms with Gasteiger partial charge in [0.2, 0.25) is 6.79 Å². The van der Waals surface area contributed by atoms with Crippen molar-refractivity contribution in [2.24, 2.45) is 4.99 Å². The molecule has 0 amide bonds. The molecule has 1 aromatic heterocycles. The van der Waals surface area contributed by atoms with Gasteiger partial charge in [-0.05, 0) is 43.2 Å². The molecule has 198 valence electrons. The van der Waals surface area contributed by atoms with E-state index in [1.54, 1.807) is 43.3 Å². The Kier molecular flexibility index (Phi) is 7.28. The number of carbonyl (C=O) groups is 1. The number of carbonyl (C=O) groups excluding carboxylic acids is 1. The van der Waals surface area contributed by atoms with Crippen molar-refractivity contribution in [3.63, 3.8) is 0 Å². The first-order chi connectivity index (χ1) is 18.4. The van der Waals surface area contributed by atoms with Gasteiger partial charge in [-0.25, -0.2) is 9.79 Å². The maximum atomic E-state index is 13.8. The van der Waals surface area contributed by atoms with Crippen molar-refractivity contribution in [2.45, 2.75) is 39.3 Å². The first-order valence-electron chi connectivity index (χ1n) is 12.1. The number of halogens is 2. The van der Waals surface area contributed by atoms with E-state index in [-0.39, 0.29) is 29.3 Å². The van der Waals surface area contributed by atoms with Crippen LogP contribution in [0.15, 0.2) is 63.5 Å². The molecule has 3 heterocycles. The molecule has 1 atom stereocenters. The number of thiazole rings is 1. The van der Waals surface area contributed by atoms with Gasteiger partial charge in [0, 0.05) is 5.56 Å². The Morgan fingerprint density at radius 1 is 1.21 bits per heavy atom. The molecule has 0 saturated heterocycles. The Hall–Kier alpha value is -3.99. The van der Waals surface area contributed by atoms with E-state index in [1.165, 1.54) is 16.7 Å². The Morgan fingerprint density at radius 3 is 2.76 bits per heavy atom. The predicted molar refractivity (Wildman–Crippen MR) is 135 cm³/mol. The van der Waals surface area contributed by atoms with Crippen molar-refractivity contribution in [3.05, 3.63) is 84.5 Å². The van der Waals surface area contributed by atoms with E-state index in [2.05, 4.69) is 4.74 Å². The molecule has 8 nitrogen and oxygen atoms in total. The fraction of sp³-hybridized carbons (Fsp3) is 0.296. The molecule has 0 aliphatic carbocycles. The van der Waals surface area contributed by atoms with Crippen LogP contribution in [0.2, 0.25) is 0 Å². The van der Waals surface area contributed by atoms with Crippen LogP contribution in [-0.2, 0) is 9.53 Å². The number of hydrogen-bond acceptors (Lipinski definition) is 8. The van der Waals surface area contributed by atoms with Gasteiger partial charge >= 0.3 is 12.6 Å². The summed E-state index contributed by atoms with van der Waals surface area (Å²) in [6, 6.07) is 10.6. The van der Waals surface area contributed by atoms with Crippen molar-refractivity contribution < 1.29 is 32.5 Å². The number of nitrogens with zero attached hydrogens (tertiary/aromatic N) is 2. The van der Waals surface area contributed by atoms with E-state index in [1.807, 2.05) is 6.92 Å². The van der Waals surface area contributed by atoms with E-state index in [4.69, 9.17) is 19.2 Å². The van der Waals surface area contributed by atoms with Crippen LogP contribution < -0.4 is 29.1 Å². The number of para-hydroxylation sites is 1. The van der Waals surface area contributed by atoms with Crippen LogP contribution in [0.4, 0.5) is 8.78 Å². The van der Waals surface area contributed by atoms with Gasteiger partial charge in [0.1, 0.15) is 5.75 Å². The zero-order valence-electron chi connectivity index (χ0n) is 20.6. The minimum absolute atomic E-state index is 0.0560. The van der Waals surface area contributed by atoms with Crippen LogP contribution in [0.3, 0.4) is 0 Å². The monoisotopic (exact) mass is 542 g/mol. The van der Waals surface area contributed by atoms with Crippen LogP contribution in [0.1, 0.15) is 43.9 Å². The highest BCUT2D eigenvalue weighted by Gasteiger charge is 2.35. The molecule has 0 bridgehead atoms. The molecule has 2 aliphatic heterocycles. The summed E-state index contributed by atoms with van der Waals surface area (Å²) in [6.07, 6.45) is 2.69. The molecule has 38 heavy (non-hydrogen) atoms. The molecular formula is C27H24F2N2O6S. The third-order valence-corrected chi connectivity index (χ3v) is 7.01. The standard InChI is InChI=1S/C27H24F2N2O6S/c1-3-7-17-22(25(33)34-4-2)23(16-10-11-19-20(12-16)36-14-35-19)31-24(32)21(38-27(31)30-17)13-15-8-5-6-9-18(15)37-26(28)29/h5-6,8-13,23,26H,3-4,7,14H2,1-2H3/b21-13+/t23-/m1/s1. The molecule has 3 aromatic rings.